The third kappa shape index (κ3) is 16.6. The number of hydrogen-bond donors (Lipinski definition) is 0. The molecule has 0 nitrogen and oxygen atoms in total. The molecule has 1 unspecified atom stereocenters. The van der Waals surface area contributed by atoms with E-state index >= 15 is 0 Å². The molecule has 1 atom stereocenters. The molecule has 0 aromatic rings. The van der Waals surface area contributed by atoms with E-state index in [2.05, 4.69) is 27.7 Å². The van der Waals surface area contributed by atoms with Crippen LogP contribution in [0.1, 0.15) is 137 Å². The average molecular weight is 325 g/mol. The lowest BCUT2D eigenvalue weighted by Gasteiger charge is -2.18. The molecule has 23 heavy (non-hydrogen) atoms. The summed E-state index contributed by atoms with van der Waals surface area (Å²) >= 11 is 0. The highest BCUT2D eigenvalue weighted by atomic mass is 14.2. The summed E-state index contributed by atoms with van der Waals surface area (Å²) in [7, 11) is 0. The molecule has 0 saturated carbocycles. The van der Waals surface area contributed by atoms with Gasteiger partial charge in [-0.1, -0.05) is 137 Å². The first-order chi connectivity index (χ1) is 11.2. The van der Waals surface area contributed by atoms with E-state index in [1.165, 1.54) is 109 Å². The van der Waals surface area contributed by atoms with Gasteiger partial charge in [0.2, 0.25) is 0 Å². The second-order valence-electron chi connectivity index (χ2n) is 8.15. The molecule has 0 radical (unpaired) electrons. The Morgan fingerprint density at radius 2 is 0.826 bits per heavy atom. The summed E-state index contributed by atoms with van der Waals surface area (Å²) in [5.74, 6) is 1.85. The molecule has 0 aliphatic rings. The van der Waals surface area contributed by atoms with Gasteiger partial charge < -0.3 is 0 Å². The van der Waals surface area contributed by atoms with Gasteiger partial charge >= 0.3 is 0 Å². The molecule has 0 heteroatoms. The van der Waals surface area contributed by atoms with Gasteiger partial charge in [0.1, 0.15) is 0 Å². The Hall–Kier alpha value is 0. The van der Waals surface area contributed by atoms with Crippen LogP contribution in [0.2, 0.25) is 0 Å². The molecule has 0 heterocycles. The van der Waals surface area contributed by atoms with Crippen molar-refractivity contribution in [1.29, 1.82) is 0 Å². The van der Waals surface area contributed by atoms with Gasteiger partial charge in [-0.3, -0.25) is 0 Å². The smallest absolute Gasteiger partial charge is 0.0394 e. The van der Waals surface area contributed by atoms with Crippen molar-refractivity contribution in [1.82, 2.24) is 0 Å². The van der Waals surface area contributed by atoms with Crippen LogP contribution in [0.25, 0.3) is 0 Å². The van der Waals surface area contributed by atoms with E-state index in [4.69, 9.17) is 0 Å². The number of unbranched alkanes of at least 4 members (excludes halogenated alkanes) is 14. The third-order valence-electron chi connectivity index (χ3n) is 5.65. The van der Waals surface area contributed by atoms with Gasteiger partial charge in [-0.05, 0) is 11.8 Å². The van der Waals surface area contributed by atoms with E-state index in [1.807, 2.05) is 0 Å². The van der Waals surface area contributed by atoms with Gasteiger partial charge in [0, 0.05) is 0 Å². The molecule has 0 amide bonds. The molecule has 0 aromatic heterocycles. The van der Waals surface area contributed by atoms with Gasteiger partial charge in [0.25, 0.3) is 0 Å². The van der Waals surface area contributed by atoms with Crippen molar-refractivity contribution >= 4 is 0 Å². The Kier molecular flexibility index (Phi) is 18.3. The minimum atomic E-state index is 0.881. The van der Waals surface area contributed by atoms with Gasteiger partial charge in [0.05, 0.1) is 0 Å². The number of rotatable bonds is 18. The Bertz CT molecular complexity index is 206. The van der Waals surface area contributed by atoms with Crippen molar-refractivity contribution in [2.24, 2.45) is 11.8 Å². The van der Waals surface area contributed by atoms with Crippen LogP contribution in [0.3, 0.4) is 0 Å². The van der Waals surface area contributed by atoms with E-state index < -0.39 is 0 Å². The normalized spacial score (nSPS) is 12.9. The monoisotopic (exact) mass is 324 g/mol. The first-order valence-corrected chi connectivity index (χ1v) is 11.2. The SMILES string of the molecule is CCCCCCCCCCCCCCCCCC(CC)C(C)C. The third-order valence-corrected chi connectivity index (χ3v) is 5.65. The quantitative estimate of drug-likeness (QED) is 0.221. The summed E-state index contributed by atoms with van der Waals surface area (Å²) in [4.78, 5) is 0. The molecule has 0 saturated heterocycles. The maximum absolute atomic E-state index is 2.39. The standard InChI is InChI=1S/C23H48/c1-5-7-8-9-10-11-12-13-14-15-16-17-18-19-20-21-23(6-2)22(3)4/h22-23H,5-21H2,1-4H3. The van der Waals surface area contributed by atoms with Gasteiger partial charge in [-0.2, -0.15) is 0 Å². The first-order valence-electron chi connectivity index (χ1n) is 11.2. The van der Waals surface area contributed by atoms with Crippen molar-refractivity contribution in [2.45, 2.75) is 137 Å². The van der Waals surface area contributed by atoms with Crippen molar-refractivity contribution in [2.75, 3.05) is 0 Å². The summed E-state index contributed by atoms with van der Waals surface area (Å²) in [6.45, 7) is 9.43. The summed E-state index contributed by atoms with van der Waals surface area (Å²) in [5, 5.41) is 0. The van der Waals surface area contributed by atoms with Crippen LogP contribution in [0.5, 0.6) is 0 Å². The minimum absolute atomic E-state index is 0.881. The highest BCUT2D eigenvalue weighted by Crippen LogP contribution is 2.22. The maximum Gasteiger partial charge on any atom is -0.0394 e. The fraction of sp³-hybridized carbons (Fsp3) is 1.00. The Balaban J connectivity index is 3.10. The lowest BCUT2D eigenvalue weighted by molar-refractivity contribution is 0.335. The van der Waals surface area contributed by atoms with Crippen molar-refractivity contribution < 1.29 is 0 Å². The second kappa shape index (κ2) is 18.3. The topological polar surface area (TPSA) is 0 Å². The molecule has 0 bridgehead atoms. The van der Waals surface area contributed by atoms with Crippen molar-refractivity contribution in [3.05, 3.63) is 0 Å². The molecule has 0 fully saturated rings. The molecular formula is C23H48. The Morgan fingerprint density at radius 1 is 0.478 bits per heavy atom. The molecule has 0 aromatic carbocycles. The highest BCUT2D eigenvalue weighted by Gasteiger charge is 2.09. The van der Waals surface area contributed by atoms with E-state index in [0.29, 0.717) is 0 Å². The maximum atomic E-state index is 2.39. The minimum Gasteiger partial charge on any atom is -0.0654 e. The number of hydrogen-bond acceptors (Lipinski definition) is 0. The van der Waals surface area contributed by atoms with Gasteiger partial charge in [-0.15, -0.1) is 0 Å². The van der Waals surface area contributed by atoms with Crippen LogP contribution in [0.4, 0.5) is 0 Å². The summed E-state index contributed by atoms with van der Waals surface area (Å²) in [5.41, 5.74) is 0. The van der Waals surface area contributed by atoms with Crippen LogP contribution in [-0.2, 0) is 0 Å². The van der Waals surface area contributed by atoms with Gasteiger partial charge in [0.15, 0.2) is 0 Å². The Morgan fingerprint density at radius 3 is 1.13 bits per heavy atom. The summed E-state index contributed by atoms with van der Waals surface area (Å²) in [6.07, 6.45) is 24.9. The highest BCUT2D eigenvalue weighted by molar-refractivity contribution is 4.61. The summed E-state index contributed by atoms with van der Waals surface area (Å²) in [6, 6.07) is 0. The average Bonchev–Trinajstić information content (AvgIpc) is 2.54. The zero-order valence-electron chi connectivity index (χ0n) is 17.2. The van der Waals surface area contributed by atoms with E-state index in [0.717, 1.165) is 11.8 Å². The zero-order chi connectivity index (χ0) is 17.2. The molecular weight excluding hydrogens is 276 g/mol. The fourth-order valence-electron chi connectivity index (χ4n) is 3.79. The van der Waals surface area contributed by atoms with E-state index in [1.54, 1.807) is 0 Å². The fourth-order valence-corrected chi connectivity index (χ4v) is 3.79. The lowest BCUT2D eigenvalue weighted by Crippen LogP contribution is -2.06. The van der Waals surface area contributed by atoms with E-state index in [-0.39, 0.29) is 0 Å². The molecule has 0 rings (SSSR count). The van der Waals surface area contributed by atoms with Crippen LogP contribution < -0.4 is 0 Å². The molecule has 0 aliphatic heterocycles. The van der Waals surface area contributed by atoms with Crippen molar-refractivity contribution in [3.63, 3.8) is 0 Å². The van der Waals surface area contributed by atoms with Gasteiger partial charge in [-0.25, -0.2) is 0 Å². The van der Waals surface area contributed by atoms with Crippen molar-refractivity contribution in [3.8, 4) is 0 Å². The van der Waals surface area contributed by atoms with Crippen LogP contribution in [0, 0.1) is 11.8 Å². The molecule has 140 valence electrons. The van der Waals surface area contributed by atoms with Crippen LogP contribution in [-0.4, -0.2) is 0 Å². The van der Waals surface area contributed by atoms with Crippen LogP contribution >= 0.6 is 0 Å². The predicted octanol–water partition coefficient (Wildman–Crippen LogP) is 8.93. The van der Waals surface area contributed by atoms with Crippen LogP contribution in [0.15, 0.2) is 0 Å². The first kappa shape index (κ1) is 23.0. The molecule has 0 aliphatic carbocycles. The van der Waals surface area contributed by atoms with E-state index in [9.17, 15) is 0 Å². The molecule has 0 N–H and O–H groups in total. The Labute approximate surface area is 149 Å². The summed E-state index contributed by atoms with van der Waals surface area (Å²) < 4.78 is 0. The lowest BCUT2D eigenvalue weighted by atomic mass is 9.88. The zero-order valence-corrected chi connectivity index (χ0v) is 17.2. The second-order valence-corrected chi connectivity index (χ2v) is 8.15. The predicted molar refractivity (Wildman–Crippen MR) is 108 cm³/mol. The largest absolute Gasteiger partial charge is 0.0654 e. The molecule has 0 spiro atoms.